The zero-order valence-electron chi connectivity index (χ0n) is 10.7. The van der Waals surface area contributed by atoms with E-state index >= 15 is 0 Å². The third kappa shape index (κ3) is 3.89. The summed E-state index contributed by atoms with van der Waals surface area (Å²) in [6.07, 6.45) is 1.57. The average molecular weight is 327 g/mol. The Morgan fingerprint density at radius 3 is 2.90 bits per heavy atom. The van der Waals surface area contributed by atoms with Crippen LogP contribution >= 0.6 is 22.9 Å². The first-order chi connectivity index (χ1) is 9.97. The molecule has 3 N–H and O–H groups in total. The van der Waals surface area contributed by atoms with Gasteiger partial charge in [-0.25, -0.2) is 4.98 Å². The zero-order valence-corrected chi connectivity index (χ0v) is 12.3. The van der Waals surface area contributed by atoms with E-state index in [4.69, 9.17) is 17.3 Å². The number of rotatable bonds is 5. The van der Waals surface area contributed by atoms with E-state index in [-0.39, 0.29) is 17.1 Å². The number of halogens is 1. The van der Waals surface area contributed by atoms with E-state index in [9.17, 15) is 14.9 Å². The first-order valence-electron chi connectivity index (χ1n) is 5.89. The predicted octanol–water partition coefficient (Wildman–Crippen LogP) is 2.26. The third-order valence-electron chi connectivity index (χ3n) is 2.63. The lowest BCUT2D eigenvalue weighted by Crippen LogP contribution is -2.26. The topological polar surface area (TPSA) is 111 Å². The van der Waals surface area contributed by atoms with Crippen LogP contribution in [0, 0.1) is 10.1 Å². The molecule has 2 heterocycles. The average Bonchev–Trinajstić information content (AvgIpc) is 2.84. The van der Waals surface area contributed by atoms with Gasteiger partial charge < -0.3 is 11.1 Å². The Morgan fingerprint density at radius 1 is 1.52 bits per heavy atom. The predicted molar refractivity (Wildman–Crippen MR) is 80.7 cm³/mol. The molecule has 0 aromatic carbocycles. The van der Waals surface area contributed by atoms with Crippen molar-refractivity contribution in [2.45, 2.75) is 6.42 Å². The number of hydrogen-bond donors (Lipinski definition) is 2. The highest BCUT2D eigenvalue weighted by atomic mass is 35.5. The third-order valence-corrected chi connectivity index (χ3v) is 3.92. The standard InChI is InChI=1S/C12H11ClN4O3S/c13-10-2-1-7(21-10)3-4-15-12(18)8-5-11(14)16-6-9(8)17(19)20/h1-2,5-6H,3-4H2,(H2,14,16)(H,15,18). The summed E-state index contributed by atoms with van der Waals surface area (Å²) in [5, 5.41) is 13.5. The van der Waals surface area contributed by atoms with Crippen LogP contribution in [0.3, 0.4) is 0 Å². The molecule has 0 radical (unpaired) electrons. The smallest absolute Gasteiger partial charge is 0.300 e. The van der Waals surface area contributed by atoms with E-state index in [1.807, 2.05) is 6.07 Å². The number of aromatic nitrogens is 1. The molecule has 2 rings (SSSR count). The number of carbonyl (C=O) groups excluding carboxylic acids is 1. The van der Waals surface area contributed by atoms with Gasteiger partial charge >= 0.3 is 0 Å². The molecule has 0 bridgehead atoms. The van der Waals surface area contributed by atoms with Gasteiger partial charge in [0, 0.05) is 11.4 Å². The summed E-state index contributed by atoms with van der Waals surface area (Å²) in [6, 6.07) is 4.83. The number of carbonyl (C=O) groups is 1. The maximum atomic E-state index is 12.0. The fraction of sp³-hybridized carbons (Fsp3) is 0.167. The lowest BCUT2D eigenvalue weighted by molar-refractivity contribution is -0.385. The molecule has 7 nitrogen and oxygen atoms in total. The minimum atomic E-state index is -0.666. The maximum absolute atomic E-state index is 12.0. The van der Waals surface area contributed by atoms with Gasteiger partial charge in [0.2, 0.25) is 0 Å². The monoisotopic (exact) mass is 326 g/mol. The number of nitrogens with two attached hydrogens (primary N) is 1. The molecule has 2 aromatic heterocycles. The van der Waals surface area contributed by atoms with Crippen LogP contribution in [0.25, 0.3) is 0 Å². The zero-order chi connectivity index (χ0) is 15.4. The molecular weight excluding hydrogens is 316 g/mol. The minimum absolute atomic E-state index is 0.0517. The summed E-state index contributed by atoms with van der Waals surface area (Å²) in [6.45, 7) is 0.342. The van der Waals surface area contributed by atoms with Gasteiger partial charge in [-0.1, -0.05) is 11.6 Å². The van der Waals surface area contributed by atoms with Crippen LogP contribution < -0.4 is 11.1 Å². The van der Waals surface area contributed by atoms with E-state index in [2.05, 4.69) is 10.3 Å². The van der Waals surface area contributed by atoms with E-state index < -0.39 is 10.8 Å². The Morgan fingerprint density at radius 2 is 2.29 bits per heavy atom. The van der Waals surface area contributed by atoms with E-state index in [0.717, 1.165) is 11.1 Å². The van der Waals surface area contributed by atoms with Crippen molar-refractivity contribution in [2.24, 2.45) is 0 Å². The molecular formula is C12H11ClN4O3S. The molecule has 0 unspecified atom stereocenters. The van der Waals surface area contributed by atoms with Gasteiger partial charge in [-0.15, -0.1) is 11.3 Å². The second-order valence-electron chi connectivity index (χ2n) is 4.10. The van der Waals surface area contributed by atoms with Crippen LogP contribution in [-0.4, -0.2) is 22.4 Å². The van der Waals surface area contributed by atoms with Crippen LogP contribution in [0.15, 0.2) is 24.4 Å². The van der Waals surface area contributed by atoms with Gasteiger partial charge in [-0.05, 0) is 24.6 Å². The van der Waals surface area contributed by atoms with Gasteiger partial charge in [0.15, 0.2) is 0 Å². The highest BCUT2D eigenvalue weighted by Gasteiger charge is 2.20. The van der Waals surface area contributed by atoms with Crippen LogP contribution in [-0.2, 0) is 6.42 Å². The molecule has 0 saturated heterocycles. The summed E-state index contributed by atoms with van der Waals surface area (Å²) in [7, 11) is 0. The Hall–Kier alpha value is -2.19. The van der Waals surface area contributed by atoms with Gasteiger partial charge in [-0.3, -0.25) is 14.9 Å². The van der Waals surface area contributed by atoms with E-state index in [1.54, 1.807) is 6.07 Å². The molecule has 21 heavy (non-hydrogen) atoms. The SMILES string of the molecule is Nc1cc(C(=O)NCCc2ccc(Cl)s2)c([N+](=O)[O-])cn1. The van der Waals surface area contributed by atoms with Crippen molar-refractivity contribution in [1.82, 2.24) is 10.3 Å². The Bertz CT molecular complexity index is 689. The quantitative estimate of drug-likeness (QED) is 0.646. The number of thiophene rings is 1. The molecule has 2 aromatic rings. The fourth-order valence-electron chi connectivity index (χ4n) is 1.67. The van der Waals surface area contributed by atoms with Crippen molar-refractivity contribution >= 4 is 40.4 Å². The van der Waals surface area contributed by atoms with Crippen molar-refractivity contribution in [3.63, 3.8) is 0 Å². The van der Waals surface area contributed by atoms with Crippen molar-refractivity contribution in [3.05, 3.63) is 49.3 Å². The minimum Gasteiger partial charge on any atom is -0.384 e. The molecule has 0 aliphatic carbocycles. The van der Waals surface area contributed by atoms with Gasteiger partial charge in [0.05, 0.1) is 9.26 Å². The normalized spacial score (nSPS) is 10.3. The molecule has 0 spiro atoms. The van der Waals surface area contributed by atoms with Gasteiger partial charge in [-0.2, -0.15) is 0 Å². The molecule has 1 amide bonds. The maximum Gasteiger partial charge on any atom is 0.300 e. The van der Waals surface area contributed by atoms with Crippen molar-refractivity contribution in [3.8, 4) is 0 Å². The van der Waals surface area contributed by atoms with Crippen molar-refractivity contribution in [1.29, 1.82) is 0 Å². The van der Waals surface area contributed by atoms with Crippen LogP contribution in [0.5, 0.6) is 0 Å². The van der Waals surface area contributed by atoms with Crippen LogP contribution in [0.4, 0.5) is 11.5 Å². The summed E-state index contributed by atoms with van der Waals surface area (Å²) in [5.74, 6) is -0.505. The van der Waals surface area contributed by atoms with Crippen molar-refractivity contribution in [2.75, 3.05) is 12.3 Å². The molecule has 110 valence electrons. The van der Waals surface area contributed by atoms with Gasteiger partial charge in [0.25, 0.3) is 11.6 Å². The van der Waals surface area contributed by atoms with E-state index in [1.165, 1.54) is 17.4 Å². The number of nitrogen functional groups attached to an aromatic ring is 1. The fourth-order valence-corrected chi connectivity index (χ4v) is 2.76. The van der Waals surface area contributed by atoms with Crippen LogP contribution in [0.1, 0.15) is 15.2 Å². The summed E-state index contributed by atoms with van der Waals surface area (Å²) in [5.41, 5.74) is 4.99. The second kappa shape index (κ2) is 6.51. The van der Waals surface area contributed by atoms with E-state index in [0.29, 0.717) is 17.3 Å². The molecule has 0 aliphatic heterocycles. The number of hydrogen-bond acceptors (Lipinski definition) is 6. The summed E-state index contributed by atoms with van der Waals surface area (Å²) in [4.78, 5) is 26.8. The number of nitrogens with one attached hydrogen (secondary N) is 1. The highest BCUT2D eigenvalue weighted by Crippen LogP contribution is 2.22. The summed E-state index contributed by atoms with van der Waals surface area (Å²) < 4.78 is 0.675. The van der Waals surface area contributed by atoms with Crippen LogP contribution in [0.2, 0.25) is 4.34 Å². The number of nitro groups is 1. The molecule has 0 fully saturated rings. The molecule has 0 atom stereocenters. The Balaban J connectivity index is 2.03. The molecule has 0 aliphatic rings. The van der Waals surface area contributed by atoms with Crippen molar-refractivity contribution < 1.29 is 9.72 Å². The Kier molecular flexibility index (Phi) is 4.71. The molecule has 9 heteroatoms. The van der Waals surface area contributed by atoms with Gasteiger partial charge in [0.1, 0.15) is 17.6 Å². The molecule has 0 saturated carbocycles. The number of pyridine rings is 1. The summed E-state index contributed by atoms with van der Waals surface area (Å²) >= 11 is 7.23. The first-order valence-corrected chi connectivity index (χ1v) is 7.09. The number of nitrogens with zero attached hydrogens (tertiary/aromatic N) is 2. The lowest BCUT2D eigenvalue weighted by atomic mass is 10.2. The highest BCUT2D eigenvalue weighted by molar-refractivity contribution is 7.16. The second-order valence-corrected chi connectivity index (χ2v) is 5.89. The number of amides is 1. The first kappa shape index (κ1) is 15.2. The largest absolute Gasteiger partial charge is 0.384 e. The number of anilines is 1. The Labute approximate surface area is 128 Å². The lowest BCUT2D eigenvalue weighted by Gasteiger charge is -2.05.